The number of carbonyl (C=O) groups excluding carboxylic acids is 1. The first-order valence-corrected chi connectivity index (χ1v) is 8.08. The Hall–Kier alpha value is -3.13. The number of carboxylic acids is 1. The number of nitrogens with zero attached hydrogens (tertiary/aromatic N) is 1. The molecule has 2 aromatic carbocycles. The smallest absolute Gasteiger partial charge is 0.335 e. The van der Waals surface area contributed by atoms with E-state index in [0.717, 1.165) is 16.7 Å². The van der Waals surface area contributed by atoms with Gasteiger partial charge in [-0.2, -0.15) is 5.26 Å². The molecule has 1 amide bonds. The SMILES string of the molecule is CC1CC1(C#N)C(=O)NCc1ccc(-c2ccc(C(=O)O)cc2)cc1. The molecule has 25 heavy (non-hydrogen) atoms. The summed E-state index contributed by atoms with van der Waals surface area (Å²) in [5, 5.41) is 20.9. The first-order chi connectivity index (χ1) is 12.0. The summed E-state index contributed by atoms with van der Waals surface area (Å²) in [5.74, 6) is -1.03. The van der Waals surface area contributed by atoms with Crippen molar-refractivity contribution < 1.29 is 14.7 Å². The van der Waals surface area contributed by atoms with Crippen LogP contribution in [0.4, 0.5) is 0 Å². The van der Waals surface area contributed by atoms with Crippen molar-refractivity contribution in [2.45, 2.75) is 19.9 Å². The zero-order valence-corrected chi connectivity index (χ0v) is 13.8. The second-order valence-electron chi connectivity index (χ2n) is 6.45. The fourth-order valence-corrected chi connectivity index (χ4v) is 2.91. The van der Waals surface area contributed by atoms with Crippen LogP contribution in [0.1, 0.15) is 29.3 Å². The quantitative estimate of drug-likeness (QED) is 0.878. The molecule has 0 spiro atoms. The van der Waals surface area contributed by atoms with Crippen LogP contribution in [-0.2, 0) is 11.3 Å². The maximum Gasteiger partial charge on any atom is 0.335 e. The van der Waals surface area contributed by atoms with Gasteiger partial charge in [0.05, 0.1) is 11.6 Å². The molecule has 0 aromatic heterocycles. The monoisotopic (exact) mass is 334 g/mol. The molecule has 3 rings (SSSR count). The largest absolute Gasteiger partial charge is 0.478 e. The normalized spacial score (nSPS) is 21.2. The van der Waals surface area contributed by atoms with Crippen LogP contribution < -0.4 is 5.32 Å². The molecule has 1 fully saturated rings. The minimum atomic E-state index is -0.947. The van der Waals surface area contributed by atoms with Crippen LogP contribution in [0, 0.1) is 22.7 Å². The fourth-order valence-electron chi connectivity index (χ4n) is 2.91. The highest BCUT2D eigenvalue weighted by molar-refractivity contribution is 5.89. The van der Waals surface area contributed by atoms with Crippen LogP contribution in [0.3, 0.4) is 0 Å². The molecule has 0 saturated heterocycles. The lowest BCUT2D eigenvalue weighted by Gasteiger charge is -2.10. The van der Waals surface area contributed by atoms with Crippen molar-refractivity contribution in [2.75, 3.05) is 0 Å². The van der Waals surface area contributed by atoms with Crippen molar-refractivity contribution in [3.05, 3.63) is 59.7 Å². The van der Waals surface area contributed by atoms with E-state index in [9.17, 15) is 9.59 Å². The number of nitriles is 1. The molecule has 0 aliphatic heterocycles. The molecular formula is C20H18N2O3. The Morgan fingerprint density at radius 2 is 1.68 bits per heavy atom. The number of benzene rings is 2. The van der Waals surface area contributed by atoms with Crippen molar-refractivity contribution in [2.24, 2.45) is 11.3 Å². The van der Waals surface area contributed by atoms with Crippen molar-refractivity contribution in [1.29, 1.82) is 5.26 Å². The molecule has 126 valence electrons. The third-order valence-corrected chi connectivity index (χ3v) is 4.79. The number of hydrogen-bond acceptors (Lipinski definition) is 3. The average Bonchev–Trinajstić information content (AvgIpc) is 3.31. The third-order valence-electron chi connectivity index (χ3n) is 4.79. The fraction of sp³-hybridized carbons (Fsp3) is 0.250. The highest BCUT2D eigenvalue weighted by Gasteiger charge is 2.58. The maximum atomic E-state index is 12.1. The Labute approximate surface area is 145 Å². The number of carboxylic acid groups (broad SMARTS) is 1. The van der Waals surface area contributed by atoms with Crippen LogP contribution in [0.25, 0.3) is 11.1 Å². The van der Waals surface area contributed by atoms with E-state index in [1.807, 2.05) is 31.2 Å². The first-order valence-electron chi connectivity index (χ1n) is 8.08. The molecule has 1 saturated carbocycles. The zero-order valence-electron chi connectivity index (χ0n) is 13.8. The van der Waals surface area contributed by atoms with Gasteiger partial charge in [0.25, 0.3) is 0 Å². The summed E-state index contributed by atoms with van der Waals surface area (Å²) in [6.45, 7) is 2.29. The van der Waals surface area contributed by atoms with E-state index in [1.54, 1.807) is 24.3 Å². The molecule has 0 radical (unpaired) electrons. The standard InChI is InChI=1S/C20H18N2O3/c1-13-10-20(13,12-21)19(25)22-11-14-2-4-15(5-3-14)16-6-8-17(9-7-16)18(23)24/h2-9,13H,10-11H2,1H3,(H,22,25)(H,23,24). The lowest BCUT2D eigenvalue weighted by molar-refractivity contribution is -0.125. The van der Waals surface area contributed by atoms with Gasteiger partial charge in [-0.05, 0) is 41.2 Å². The second-order valence-corrected chi connectivity index (χ2v) is 6.45. The summed E-state index contributed by atoms with van der Waals surface area (Å²) >= 11 is 0. The Kier molecular flexibility index (Phi) is 4.28. The number of hydrogen-bond donors (Lipinski definition) is 2. The summed E-state index contributed by atoms with van der Waals surface area (Å²) in [4.78, 5) is 23.0. The minimum Gasteiger partial charge on any atom is -0.478 e. The van der Waals surface area contributed by atoms with Gasteiger partial charge in [0.1, 0.15) is 5.41 Å². The molecule has 2 unspecified atom stereocenters. The van der Waals surface area contributed by atoms with Crippen LogP contribution in [0.2, 0.25) is 0 Å². The Balaban J connectivity index is 1.64. The van der Waals surface area contributed by atoms with Crippen molar-refractivity contribution in [3.63, 3.8) is 0 Å². The van der Waals surface area contributed by atoms with Crippen molar-refractivity contribution in [1.82, 2.24) is 5.32 Å². The average molecular weight is 334 g/mol. The highest BCUT2D eigenvalue weighted by atomic mass is 16.4. The van der Waals surface area contributed by atoms with Crippen LogP contribution in [0.15, 0.2) is 48.5 Å². The summed E-state index contributed by atoms with van der Waals surface area (Å²) < 4.78 is 0. The van der Waals surface area contributed by atoms with Crippen molar-refractivity contribution in [3.8, 4) is 17.2 Å². The van der Waals surface area contributed by atoms with E-state index >= 15 is 0 Å². The molecule has 1 aliphatic carbocycles. The lowest BCUT2D eigenvalue weighted by atomic mass is 10.0. The molecule has 2 aromatic rings. The molecule has 2 N–H and O–H groups in total. The van der Waals surface area contributed by atoms with E-state index in [2.05, 4.69) is 11.4 Å². The van der Waals surface area contributed by atoms with Gasteiger partial charge < -0.3 is 10.4 Å². The van der Waals surface area contributed by atoms with Gasteiger partial charge in [-0.25, -0.2) is 4.79 Å². The lowest BCUT2D eigenvalue weighted by Crippen LogP contribution is -2.31. The number of nitrogens with one attached hydrogen (secondary N) is 1. The molecular weight excluding hydrogens is 316 g/mol. The second kappa shape index (κ2) is 6.40. The van der Waals surface area contributed by atoms with E-state index in [-0.39, 0.29) is 17.4 Å². The van der Waals surface area contributed by atoms with E-state index in [0.29, 0.717) is 13.0 Å². The highest BCUT2D eigenvalue weighted by Crippen LogP contribution is 2.51. The topological polar surface area (TPSA) is 90.2 Å². The summed E-state index contributed by atoms with van der Waals surface area (Å²) in [5.41, 5.74) is 2.25. The van der Waals surface area contributed by atoms with Gasteiger partial charge in [0.2, 0.25) is 5.91 Å². The van der Waals surface area contributed by atoms with Gasteiger partial charge >= 0.3 is 5.97 Å². The first kappa shape index (κ1) is 16.7. The summed E-state index contributed by atoms with van der Waals surface area (Å²) in [6, 6.07) is 16.5. The molecule has 0 bridgehead atoms. The predicted molar refractivity (Wildman–Crippen MR) is 92.5 cm³/mol. The van der Waals surface area contributed by atoms with Gasteiger partial charge in [0.15, 0.2) is 0 Å². The van der Waals surface area contributed by atoms with Gasteiger partial charge in [-0.1, -0.05) is 43.3 Å². The number of carbonyl (C=O) groups is 2. The maximum absolute atomic E-state index is 12.1. The van der Waals surface area contributed by atoms with Gasteiger partial charge in [-0.3, -0.25) is 4.79 Å². The molecule has 2 atom stereocenters. The van der Waals surface area contributed by atoms with E-state index < -0.39 is 11.4 Å². The Morgan fingerprint density at radius 3 is 2.12 bits per heavy atom. The minimum absolute atomic E-state index is 0.119. The molecule has 5 nitrogen and oxygen atoms in total. The Morgan fingerprint density at radius 1 is 1.16 bits per heavy atom. The number of rotatable bonds is 5. The number of aromatic carboxylic acids is 1. The van der Waals surface area contributed by atoms with E-state index in [1.165, 1.54) is 0 Å². The summed E-state index contributed by atoms with van der Waals surface area (Å²) in [7, 11) is 0. The summed E-state index contributed by atoms with van der Waals surface area (Å²) in [6.07, 6.45) is 0.626. The van der Waals surface area contributed by atoms with Crippen LogP contribution >= 0.6 is 0 Å². The Bertz CT molecular complexity index is 850. The van der Waals surface area contributed by atoms with Crippen LogP contribution in [0.5, 0.6) is 0 Å². The molecule has 0 heterocycles. The van der Waals surface area contributed by atoms with Crippen molar-refractivity contribution >= 4 is 11.9 Å². The molecule has 1 aliphatic rings. The van der Waals surface area contributed by atoms with Gasteiger partial charge in [-0.15, -0.1) is 0 Å². The van der Waals surface area contributed by atoms with Crippen LogP contribution in [-0.4, -0.2) is 17.0 Å². The predicted octanol–water partition coefficient (Wildman–Crippen LogP) is 3.22. The zero-order chi connectivity index (χ0) is 18.0. The molecule has 5 heteroatoms. The van der Waals surface area contributed by atoms with E-state index in [4.69, 9.17) is 10.4 Å². The number of amides is 1. The van der Waals surface area contributed by atoms with Gasteiger partial charge in [0, 0.05) is 6.54 Å². The third kappa shape index (κ3) is 3.24.